The minimum absolute atomic E-state index is 0.179. The van der Waals surface area contributed by atoms with E-state index in [0.29, 0.717) is 17.3 Å². The summed E-state index contributed by atoms with van der Waals surface area (Å²) in [6.45, 7) is 5.37. The number of ether oxygens (including phenoxy) is 1. The average molecular weight is 420 g/mol. The highest BCUT2D eigenvalue weighted by molar-refractivity contribution is 6.01. The van der Waals surface area contributed by atoms with Gasteiger partial charge in [-0.2, -0.15) is 5.26 Å². The largest absolute Gasteiger partial charge is 0.448 e. The topological polar surface area (TPSA) is 127 Å². The summed E-state index contributed by atoms with van der Waals surface area (Å²) in [5.74, 6) is -2.01. The fourth-order valence-electron chi connectivity index (χ4n) is 3.37. The Morgan fingerprint density at radius 1 is 1.26 bits per heavy atom. The number of nitriles is 1. The van der Waals surface area contributed by atoms with Crippen molar-refractivity contribution in [1.29, 1.82) is 5.26 Å². The Bertz CT molecular complexity index is 1100. The Morgan fingerprint density at radius 2 is 1.90 bits per heavy atom. The van der Waals surface area contributed by atoms with Crippen LogP contribution in [0.15, 0.2) is 35.9 Å². The van der Waals surface area contributed by atoms with Crippen molar-refractivity contribution in [3.05, 3.63) is 58.4 Å². The van der Waals surface area contributed by atoms with Crippen molar-refractivity contribution in [3.8, 4) is 6.07 Å². The number of anilines is 1. The third kappa shape index (κ3) is 5.01. The first-order valence-corrected chi connectivity index (χ1v) is 9.93. The van der Waals surface area contributed by atoms with E-state index in [1.54, 1.807) is 0 Å². The number of nitrogens with two attached hydrogens (primary N) is 1. The molecule has 1 fully saturated rings. The Labute approximate surface area is 180 Å². The second kappa shape index (κ2) is 8.88. The lowest BCUT2D eigenvalue weighted by Gasteiger charge is -2.13. The van der Waals surface area contributed by atoms with E-state index in [9.17, 15) is 19.6 Å². The van der Waals surface area contributed by atoms with Gasteiger partial charge in [-0.3, -0.25) is 9.59 Å². The van der Waals surface area contributed by atoms with E-state index in [4.69, 9.17) is 10.5 Å². The number of nitrogens with zero attached hydrogens (tertiary/aromatic N) is 2. The molecule has 8 heteroatoms. The SMILES string of the molecule is Cc1cc(/C=C(\C#N)C(=O)O[C@@H](C)C(=O)Nc2ccc(C(N)=O)cc2)c(C)n1C1CC1. The van der Waals surface area contributed by atoms with Gasteiger partial charge in [-0.25, -0.2) is 4.79 Å². The molecule has 3 rings (SSSR count). The van der Waals surface area contributed by atoms with E-state index in [1.807, 2.05) is 26.0 Å². The monoisotopic (exact) mass is 420 g/mol. The molecule has 31 heavy (non-hydrogen) atoms. The number of hydrogen-bond acceptors (Lipinski definition) is 5. The van der Waals surface area contributed by atoms with Gasteiger partial charge in [-0.05, 0) is 75.6 Å². The fraction of sp³-hybridized carbons (Fsp3) is 0.304. The van der Waals surface area contributed by atoms with Crippen LogP contribution < -0.4 is 11.1 Å². The van der Waals surface area contributed by atoms with Gasteiger partial charge in [0.2, 0.25) is 5.91 Å². The predicted molar refractivity (Wildman–Crippen MR) is 115 cm³/mol. The average Bonchev–Trinajstić information content (AvgIpc) is 3.51. The van der Waals surface area contributed by atoms with Crippen molar-refractivity contribution in [2.45, 2.75) is 45.8 Å². The standard InChI is InChI=1S/C23H24N4O4/c1-13-10-17(14(2)27(13)20-8-9-20)11-18(12-24)23(30)31-15(3)22(29)26-19-6-4-16(5-7-19)21(25)28/h4-7,10-11,15,20H,8-9H2,1-3H3,(H2,25,28)(H,26,29)/b18-11+/t15-/m0/s1. The molecule has 1 aliphatic rings. The molecule has 0 unspecified atom stereocenters. The molecule has 160 valence electrons. The molecule has 1 aliphatic carbocycles. The highest BCUT2D eigenvalue weighted by atomic mass is 16.5. The fourth-order valence-corrected chi connectivity index (χ4v) is 3.37. The van der Waals surface area contributed by atoms with Gasteiger partial charge in [0.25, 0.3) is 5.91 Å². The van der Waals surface area contributed by atoms with Crippen molar-refractivity contribution >= 4 is 29.5 Å². The number of benzene rings is 1. The zero-order valence-corrected chi connectivity index (χ0v) is 17.6. The Hall–Kier alpha value is -3.86. The summed E-state index contributed by atoms with van der Waals surface area (Å²) in [4.78, 5) is 35.9. The second-order valence-corrected chi connectivity index (χ2v) is 7.58. The van der Waals surface area contributed by atoms with Crippen molar-refractivity contribution in [3.63, 3.8) is 0 Å². The summed E-state index contributed by atoms with van der Waals surface area (Å²) >= 11 is 0. The summed E-state index contributed by atoms with van der Waals surface area (Å²) in [6, 6.07) is 10.3. The van der Waals surface area contributed by atoms with E-state index in [1.165, 1.54) is 37.3 Å². The molecule has 0 spiro atoms. The molecule has 0 saturated heterocycles. The number of primary amides is 1. The first-order chi connectivity index (χ1) is 14.7. The van der Waals surface area contributed by atoms with Crippen LogP contribution in [0.5, 0.6) is 0 Å². The molecule has 2 amide bonds. The van der Waals surface area contributed by atoms with Crippen LogP contribution >= 0.6 is 0 Å². The molecule has 1 atom stereocenters. The maximum atomic E-state index is 12.5. The Balaban J connectivity index is 1.66. The quantitative estimate of drug-likeness (QED) is 0.404. The Morgan fingerprint density at radius 3 is 2.45 bits per heavy atom. The summed E-state index contributed by atoms with van der Waals surface area (Å²) in [5, 5.41) is 12.0. The second-order valence-electron chi connectivity index (χ2n) is 7.58. The van der Waals surface area contributed by atoms with E-state index < -0.39 is 23.9 Å². The van der Waals surface area contributed by atoms with Crippen LogP contribution in [0.25, 0.3) is 6.08 Å². The van der Waals surface area contributed by atoms with Gasteiger partial charge in [-0.15, -0.1) is 0 Å². The summed E-state index contributed by atoms with van der Waals surface area (Å²) in [7, 11) is 0. The number of carbonyl (C=O) groups is 3. The van der Waals surface area contributed by atoms with Crippen molar-refractivity contribution in [2.75, 3.05) is 5.32 Å². The summed E-state index contributed by atoms with van der Waals surface area (Å²) in [6.07, 6.45) is 2.63. The number of amides is 2. The lowest BCUT2D eigenvalue weighted by atomic mass is 10.1. The number of nitrogens with one attached hydrogen (secondary N) is 1. The first-order valence-electron chi connectivity index (χ1n) is 9.93. The van der Waals surface area contributed by atoms with Crippen LogP contribution in [-0.2, 0) is 14.3 Å². The first kappa shape index (κ1) is 21.8. The van der Waals surface area contributed by atoms with Crippen LogP contribution in [0.1, 0.15) is 53.1 Å². The smallest absolute Gasteiger partial charge is 0.349 e. The molecule has 1 aromatic carbocycles. The van der Waals surface area contributed by atoms with Gasteiger partial charge in [0, 0.05) is 28.7 Å². The zero-order valence-electron chi connectivity index (χ0n) is 17.6. The van der Waals surface area contributed by atoms with Gasteiger partial charge in [0.1, 0.15) is 11.6 Å². The maximum Gasteiger partial charge on any atom is 0.349 e. The van der Waals surface area contributed by atoms with Gasteiger partial charge >= 0.3 is 5.97 Å². The normalized spacial score (nSPS) is 14.5. The van der Waals surface area contributed by atoms with Crippen molar-refractivity contribution < 1.29 is 19.1 Å². The highest BCUT2D eigenvalue weighted by Gasteiger charge is 2.27. The van der Waals surface area contributed by atoms with E-state index in [-0.39, 0.29) is 5.57 Å². The van der Waals surface area contributed by atoms with E-state index >= 15 is 0 Å². The Kier molecular flexibility index (Phi) is 6.25. The molecule has 0 bridgehead atoms. The number of hydrogen-bond donors (Lipinski definition) is 2. The van der Waals surface area contributed by atoms with Gasteiger partial charge < -0.3 is 20.4 Å². The minimum Gasteiger partial charge on any atom is -0.448 e. The third-order valence-corrected chi connectivity index (χ3v) is 5.17. The molecule has 0 radical (unpaired) electrons. The van der Waals surface area contributed by atoms with Crippen LogP contribution in [0.4, 0.5) is 5.69 Å². The van der Waals surface area contributed by atoms with Crippen molar-refractivity contribution in [1.82, 2.24) is 4.57 Å². The van der Waals surface area contributed by atoms with Crippen LogP contribution in [0.3, 0.4) is 0 Å². The van der Waals surface area contributed by atoms with E-state index in [2.05, 4.69) is 9.88 Å². The number of carbonyl (C=O) groups excluding carboxylic acids is 3. The van der Waals surface area contributed by atoms with Crippen LogP contribution in [-0.4, -0.2) is 28.5 Å². The van der Waals surface area contributed by atoms with Gasteiger partial charge in [0.15, 0.2) is 6.10 Å². The lowest BCUT2D eigenvalue weighted by molar-refractivity contribution is -0.148. The molecule has 3 N–H and O–H groups in total. The number of aryl methyl sites for hydroxylation is 1. The summed E-state index contributed by atoms with van der Waals surface area (Å²) in [5.41, 5.74) is 8.58. The van der Waals surface area contributed by atoms with Crippen LogP contribution in [0.2, 0.25) is 0 Å². The van der Waals surface area contributed by atoms with Gasteiger partial charge in [-0.1, -0.05) is 0 Å². The predicted octanol–water partition coefficient (Wildman–Crippen LogP) is 3.02. The number of rotatable bonds is 7. The maximum absolute atomic E-state index is 12.5. The van der Waals surface area contributed by atoms with E-state index in [0.717, 1.165) is 29.8 Å². The molecular weight excluding hydrogens is 396 g/mol. The molecule has 8 nitrogen and oxygen atoms in total. The van der Waals surface area contributed by atoms with Gasteiger partial charge in [0.05, 0.1) is 0 Å². The third-order valence-electron chi connectivity index (χ3n) is 5.17. The molecule has 1 heterocycles. The molecule has 1 saturated carbocycles. The molecular formula is C23H24N4O4. The molecule has 1 aromatic heterocycles. The molecule has 2 aromatic rings. The number of esters is 1. The lowest BCUT2D eigenvalue weighted by Crippen LogP contribution is -2.30. The summed E-state index contributed by atoms with van der Waals surface area (Å²) < 4.78 is 7.40. The zero-order chi connectivity index (χ0) is 22.7. The highest BCUT2D eigenvalue weighted by Crippen LogP contribution is 2.38. The minimum atomic E-state index is -1.13. The molecule has 0 aliphatic heterocycles. The van der Waals surface area contributed by atoms with Crippen LogP contribution in [0, 0.1) is 25.2 Å². The van der Waals surface area contributed by atoms with Crippen molar-refractivity contribution in [2.24, 2.45) is 5.73 Å². The number of aromatic nitrogens is 1.